The second kappa shape index (κ2) is 69.7. The van der Waals surface area contributed by atoms with Crippen molar-refractivity contribution in [3.8, 4) is 12.1 Å². The van der Waals surface area contributed by atoms with Crippen LogP contribution in [-0.2, 0) is 97.5 Å². The number of ether oxygens (including phenoxy) is 1. The van der Waals surface area contributed by atoms with E-state index in [2.05, 4.69) is 52.6 Å². The number of nitrogens with one attached hydrogen (secondary N) is 9. The predicted molar refractivity (Wildman–Crippen MR) is 554 cm³/mol. The fourth-order valence-corrected chi connectivity index (χ4v) is 15.4. The van der Waals surface area contributed by atoms with E-state index in [0.29, 0.717) is 125 Å². The molecule has 0 saturated heterocycles. The highest BCUT2D eigenvalue weighted by molar-refractivity contribution is 6.03. The van der Waals surface area contributed by atoms with Crippen molar-refractivity contribution < 1.29 is 96.1 Å². The third-order valence-electron chi connectivity index (χ3n) is 23.8. The minimum absolute atomic E-state index is 0.152. The van der Waals surface area contributed by atoms with Crippen LogP contribution >= 0.6 is 0 Å². The molecule has 12 amide bonds. The number of carbonyl (C=O) groups excluding carboxylic acids is 17. The van der Waals surface area contributed by atoms with Crippen LogP contribution in [0.3, 0.4) is 0 Å². The van der Waals surface area contributed by atoms with Crippen LogP contribution in [0.2, 0.25) is 0 Å². The van der Waals surface area contributed by atoms with Crippen molar-refractivity contribution in [1.29, 1.82) is 10.5 Å². The van der Waals surface area contributed by atoms with Gasteiger partial charge in [-0.15, -0.1) is 0 Å². The number of hydrogen-bond acceptors (Lipinski definition) is 25. The zero-order valence-electron chi connectivity index (χ0n) is 83.5. The lowest BCUT2D eigenvalue weighted by atomic mass is 9.90. The number of primary amides is 3. The first kappa shape index (κ1) is 122. The molecule has 24 N–H and O–H groups in total. The lowest BCUT2D eigenvalue weighted by Gasteiger charge is -2.23. The average molecular weight is 2030 g/mol. The second-order valence-electron chi connectivity index (χ2n) is 35.1. The number of carboxylic acid groups (broad SMARTS) is 1. The number of rotatable bonds is 62. The van der Waals surface area contributed by atoms with E-state index in [4.69, 9.17) is 50.7 Å². The summed E-state index contributed by atoms with van der Waals surface area (Å²) in [5.74, 6) is -13.5. The van der Waals surface area contributed by atoms with Gasteiger partial charge in [0.25, 0.3) is 23.6 Å². The number of esters is 1. The molecular formula is C110H138N18O20. The van der Waals surface area contributed by atoms with E-state index in [-0.39, 0.29) is 87.3 Å². The third kappa shape index (κ3) is 47.1. The summed E-state index contributed by atoms with van der Waals surface area (Å²) >= 11 is 0. The summed E-state index contributed by atoms with van der Waals surface area (Å²) in [6.07, 6.45) is 5.10. The smallest absolute Gasteiger partial charge is 0.327 e. The maximum atomic E-state index is 13.5. The van der Waals surface area contributed by atoms with Crippen LogP contribution < -0.4 is 88.0 Å². The number of unbranched alkanes of at least 4 members (excludes halogenated alkanes) is 4. The highest BCUT2D eigenvalue weighted by atomic mass is 16.5. The van der Waals surface area contributed by atoms with Crippen LogP contribution in [0.15, 0.2) is 243 Å². The molecule has 0 unspecified atom stereocenters. The number of nitrogens with two attached hydrogens (primary N) is 7. The third-order valence-corrected chi connectivity index (χ3v) is 23.8. The Morgan fingerprint density at radius 1 is 0.291 bits per heavy atom. The van der Waals surface area contributed by atoms with Crippen LogP contribution in [0.5, 0.6) is 0 Å². The van der Waals surface area contributed by atoms with Crippen molar-refractivity contribution in [2.24, 2.45) is 63.8 Å². The van der Waals surface area contributed by atoms with Gasteiger partial charge in [0.05, 0.1) is 69.1 Å². The van der Waals surface area contributed by atoms with Crippen molar-refractivity contribution in [1.82, 2.24) is 47.9 Å². The fourth-order valence-electron chi connectivity index (χ4n) is 15.4. The largest absolute Gasteiger partial charge is 0.480 e. The molecule has 8 aromatic rings. The van der Waals surface area contributed by atoms with Gasteiger partial charge in [-0.1, -0.05) is 220 Å². The van der Waals surface area contributed by atoms with Gasteiger partial charge in [-0.2, -0.15) is 10.5 Å². The Balaban J connectivity index is 0.000000347. The maximum absolute atomic E-state index is 13.5. The van der Waals surface area contributed by atoms with Crippen LogP contribution in [0.4, 0.5) is 0 Å². The van der Waals surface area contributed by atoms with E-state index in [9.17, 15) is 91.4 Å². The standard InChI is InChI=1S/C28H37N5O5.C28H36N4O6.C27H33N5O4.C27H32N4O5/c1-31-25(35)18-23(26(30)36)33-28(38)21(14-8-9-15-29)17-24(34)22(16-19-10-4-2-5-11-19)32-27(37)20-12-6-3-7-13-20;1-38-25(34)18-23(26(30)35)32-28(37)21(14-8-9-15-29)17-24(33)22(16-19-10-4-2-5-11-19)31-27(36)20-12-6-3-7-13-20;28-15-8-7-13-21(27(36)31-22(14-16-29)25(30)34)18-24(33)23(17-19-9-3-1-4-10-19)32-26(35)20-11-5-2-6-12-20;28-15-8-7-13-21(26(34)30-22(14-16-29)27(35)36)18-24(32)23(17-19-9-3-1-4-10-19)31-25(33)20-11-5-2-6-12-20/h2-7,10-13,21-23H,8-9,14-18,29H2,1H3,(H2,30,36)(H,31,35)(H,32,37)(H,33,38);2-7,10-13,21-23H,8-9,14-18,29H2,1H3,(H2,30,35)(H,31,36)(H,32,37);1-6,9-12,21-23H,7-8,13-15,17-18,28H2,(H2,30,34)(H,31,36)(H,32,35);1-6,9-12,21-23H,7-8,13-15,17-18,28H2,(H,30,34)(H,31,33)(H,35,36)/t4*21-,22+,23+/m1111/s1. The number of carbonyl (C=O) groups is 18. The average Bonchev–Trinajstić information content (AvgIpc) is 0.859. The maximum Gasteiger partial charge on any atom is 0.327 e. The SMILES string of the molecule is CNC(=O)C[C@H](NC(=O)[C@H](CCCCN)CC(=O)[C@H](Cc1ccccc1)NC(=O)c1ccccc1)C(N)=O.COC(=O)C[C@H](NC(=O)[C@H](CCCCN)CC(=O)[C@H](Cc1ccccc1)NC(=O)c1ccccc1)C(N)=O.N#CC[C@H](NC(=O)[C@H](CCCCN)CC(=O)[C@H](Cc1ccccc1)NC(=O)c1ccccc1)C(=O)O.N#CC[C@H](NC(=O)[C@H](CCCCN)CC(=O)[C@H](Cc1ccccc1)NC(=O)c1ccccc1)C(N)=O. The minimum atomic E-state index is -1.37. The number of ketones is 4. The molecule has 38 heteroatoms. The van der Waals surface area contributed by atoms with E-state index in [0.717, 1.165) is 29.4 Å². The molecule has 8 rings (SSSR count). The Labute approximate surface area is 861 Å². The first-order valence-electron chi connectivity index (χ1n) is 49.0. The molecule has 0 aliphatic carbocycles. The summed E-state index contributed by atoms with van der Waals surface area (Å²) in [6.45, 7) is 1.69. The Morgan fingerprint density at radius 2 is 0.507 bits per heavy atom. The number of aliphatic carboxylic acids is 1. The Kier molecular flexibility index (Phi) is 57.6. The van der Waals surface area contributed by atoms with Gasteiger partial charge in [-0.3, -0.25) is 81.5 Å². The number of nitrogens with zero attached hydrogens (tertiary/aromatic N) is 2. The van der Waals surface area contributed by atoms with Gasteiger partial charge in [-0.25, -0.2) is 4.79 Å². The molecule has 0 saturated carbocycles. The molecule has 0 heterocycles. The summed E-state index contributed by atoms with van der Waals surface area (Å²) in [7, 11) is 2.57. The molecule has 12 atom stereocenters. The van der Waals surface area contributed by atoms with Gasteiger partial charge in [0.15, 0.2) is 23.1 Å². The van der Waals surface area contributed by atoms with Crippen molar-refractivity contribution in [2.45, 2.75) is 202 Å². The lowest BCUT2D eigenvalue weighted by Crippen LogP contribution is -2.49. The fraction of sp³-hybridized carbons (Fsp3) is 0.382. The van der Waals surface area contributed by atoms with Crippen molar-refractivity contribution in [3.63, 3.8) is 0 Å². The van der Waals surface area contributed by atoms with Gasteiger partial charge in [0.1, 0.15) is 24.2 Å². The molecule has 0 spiro atoms. The van der Waals surface area contributed by atoms with E-state index >= 15 is 0 Å². The first-order chi connectivity index (χ1) is 71.2. The van der Waals surface area contributed by atoms with E-state index in [1.54, 1.807) is 127 Å². The molecule has 8 aromatic carbocycles. The Hall–Kier alpha value is -16.2. The molecule has 0 aliphatic rings. The molecule has 788 valence electrons. The van der Waals surface area contributed by atoms with Crippen molar-refractivity contribution in [3.05, 3.63) is 287 Å². The number of benzene rings is 8. The highest BCUT2D eigenvalue weighted by Crippen LogP contribution is 2.25. The van der Waals surface area contributed by atoms with Crippen LogP contribution in [0, 0.1) is 46.3 Å². The van der Waals surface area contributed by atoms with Crippen LogP contribution in [-0.4, -0.2) is 200 Å². The number of Topliss-reactive ketones (excluding diaryl/α,β-unsaturated/α-hetero) is 4. The van der Waals surface area contributed by atoms with Gasteiger partial charge >= 0.3 is 11.9 Å². The quantitative estimate of drug-likeness (QED) is 0.0155. The molecule has 38 nitrogen and oxygen atoms in total. The zero-order valence-corrected chi connectivity index (χ0v) is 83.5. The van der Waals surface area contributed by atoms with Crippen molar-refractivity contribution in [2.75, 3.05) is 40.3 Å². The van der Waals surface area contributed by atoms with Crippen LogP contribution in [0.1, 0.15) is 192 Å². The molecular weight excluding hydrogens is 1890 g/mol. The molecule has 0 fully saturated rings. The number of nitriles is 2. The Bertz CT molecular complexity index is 5290. The van der Waals surface area contributed by atoms with Gasteiger partial charge in [0.2, 0.25) is 47.3 Å². The summed E-state index contributed by atoms with van der Waals surface area (Å²) in [5.41, 5.74) is 43.4. The summed E-state index contributed by atoms with van der Waals surface area (Å²) in [4.78, 5) is 228. The van der Waals surface area contributed by atoms with E-state index in [1.807, 2.05) is 127 Å². The molecule has 0 bridgehead atoms. The van der Waals surface area contributed by atoms with Gasteiger partial charge in [-0.05, 0) is 174 Å². The monoisotopic (exact) mass is 2030 g/mol. The highest BCUT2D eigenvalue weighted by Gasteiger charge is 2.37. The second-order valence-corrected chi connectivity index (χ2v) is 35.1. The minimum Gasteiger partial charge on any atom is -0.480 e. The van der Waals surface area contributed by atoms with E-state index in [1.165, 1.54) is 7.05 Å². The normalized spacial score (nSPS) is 13.0. The molecule has 148 heavy (non-hydrogen) atoms. The Morgan fingerprint density at radius 3 is 0.716 bits per heavy atom. The zero-order chi connectivity index (χ0) is 109. The molecule has 0 aromatic heterocycles. The lowest BCUT2D eigenvalue weighted by molar-refractivity contribution is -0.143. The number of carboxylic acids is 1. The summed E-state index contributed by atoms with van der Waals surface area (Å²) < 4.78 is 4.57. The van der Waals surface area contributed by atoms with E-state index < -0.39 is 168 Å². The van der Waals surface area contributed by atoms with Gasteiger partial charge < -0.3 is 97.8 Å². The molecule has 0 radical (unpaired) electrons. The predicted octanol–water partition coefficient (Wildman–Crippen LogP) is 5.93. The number of methoxy groups -OCH3 is 1. The topological polar surface area (TPSA) is 675 Å². The number of hydrogen-bond donors (Lipinski definition) is 17. The number of amides is 12. The van der Waals surface area contributed by atoms with Gasteiger partial charge in [0, 0.05) is 78.7 Å². The van der Waals surface area contributed by atoms with Crippen LogP contribution in [0.25, 0.3) is 0 Å². The summed E-state index contributed by atoms with van der Waals surface area (Å²) in [6, 6.07) is 66.2. The first-order valence-corrected chi connectivity index (χ1v) is 49.0. The molecule has 0 aliphatic heterocycles. The van der Waals surface area contributed by atoms with Crippen molar-refractivity contribution >= 4 is 106 Å². The summed E-state index contributed by atoms with van der Waals surface area (Å²) in [5, 5.41) is 50.6.